The van der Waals surface area contributed by atoms with Crippen LogP contribution in [0, 0.1) is 20.8 Å². The smallest absolute Gasteiger partial charge is 0.173 e. The number of aromatic hydroxyl groups is 1. The molecule has 0 saturated heterocycles. The number of aromatic nitrogens is 2. The Balaban J connectivity index is 1.53. The van der Waals surface area contributed by atoms with Crippen molar-refractivity contribution in [3.63, 3.8) is 0 Å². The molecule has 4 rings (SSSR count). The number of hydrogen-bond acceptors (Lipinski definition) is 4. The number of nitrogens with one attached hydrogen (secondary N) is 1. The number of hydrogen-bond donors (Lipinski definition) is 2. The SMILES string of the molecule is Cc1ccc(COc2ccc(-c3[nH]ncc3Oc3cc(C)ccc3C)c(O)c2)cc1. The minimum absolute atomic E-state index is 0.0893. The van der Waals surface area contributed by atoms with Gasteiger partial charge < -0.3 is 14.6 Å². The number of rotatable bonds is 6. The monoisotopic (exact) mass is 400 g/mol. The van der Waals surface area contributed by atoms with Gasteiger partial charge in [-0.2, -0.15) is 5.10 Å². The third-order valence-corrected chi connectivity index (χ3v) is 4.93. The number of benzene rings is 3. The van der Waals surface area contributed by atoms with Crippen molar-refractivity contribution in [1.29, 1.82) is 0 Å². The van der Waals surface area contributed by atoms with E-state index in [-0.39, 0.29) is 5.75 Å². The van der Waals surface area contributed by atoms with Crippen LogP contribution in [0.1, 0.15) is 22.3 Å². The number of nitrogens with zero attached hydrogens (tertiary/aromatic N) is 1. The summed E-state index contributed by atoms with van der Waals surface area (Å²) in [5, 5.41) is 17.6. The Morgan fingerprint density at radius 3 is 2.40 bits per heavy atom. The average molecular weight is 400 g/mol. The molecule has 5 heteroatoms. The second-order valence-electron chi connectivity index (χ2n) is 7.43. The highest BCUT2D eigenvalue weighted by Gasteiger charge is 2.15. The van der Waals surface area contributed by atoms with Crippen LogP contribution in [0.5, 0.6) is 23.0 Å². The number of H-pyrrole nitrogens is 1. The maximum absolute atomic E-state index is 10.6. The molecule has 2 N–H and O–H groups in total. The lowest BCUT2D eigenvalue weighted by molar-refractivity contribution is 0.304. The molecule has 30 heavy (non-hydrogen) atoms. The number of aryl methyl sites for hydroxylation is 3. The second-order valence-corrected chi connectivity index (χ2v) is 7.43. The van der Waals surface area contributed by atoms with Gasteiger partial charge in [0.25, 0.3) is 0 Å². The molecule has 0 atom stereocenters. The molecule has 0 spiro atoms. The van der Waals surface area contributed by atoms with E-state index in [1.807, 2.05) is 50.2 Å². The summed E-state index contributed by atoms with van der Waals surface area (Å²) < 4.78 is 11.9. The summed E-state index contributed by atoms with van der Waals surface area (Å²) in [6.45, 7) is 6.50. The van der Waals surface area contributed by atoms with E-state index in [9.17, 15) is 5.11 Å². The fourth-order valence-corrected chi connectivity index (χ4v) is 3.14. The summed E-state index contributed by atoms with van der Waals surface area (Å²) in [6.07, 6.45) is 1.61. The van der Waals surface area contributed by atoms with E-state index in [4.69, 9.17) is 9.47 Å². The topological polar surface area (TPSA) is 67.4 Å². The van der Waals surface area contributed by atoms with Crippen molar-refractivity contribution < 1.29 is 14.6 Å². The van der Waals surface area contributed by atoms with Crippen molar-refractivity contribution in [1.82, 2.24) is 10.2 Å². The van der Waals surface area contributed by atoms with E-state index < -0.39 is 0 Å². The fourth-order valence-electron chi connectivity index (χ4n) is 3.14. The molecule has 0 saturated carbocycles. The predicted molar refractivity (Wildman–Crippen MR) is 117 cm³/mol. The zero-order chi connectivity index (χ0) is 21.1. The van der Waals surface area contributed by atoms with Gasteiger partial charge in [0.15, 0.2) is 5.75 Å². The number of phenolic OH excluding ortho intramolecular Hbond substituents is 1. The van der Waals surface area contributed by atoms with Gasteiger partial charge in [0.1, 0.15) is 29.5 Å². The first-order valence-corrected chi connectivity index (χ1v) is 9.80. The van der Waals surface area contributed by atoms with Gasteiger partial charge in [0.2, 0.25) is 0 Å². The lowest BCUT2D eigenvalue weighted by Gasteiger charge is -2.12. The normalized spacial score (nSPS) is 10.8. The van der Waals surface area contributed by atoms with Gasteiger partial charge in [-0.3, -0.25) is 5.10 Å². The van der Waals surface area contributed by atoms with Crippen LogP contribution in [0.3, 0.4) is 0 Å². The molecule has 0 aliphatic rings. The van der Waals surface area contributed by atoms with Crippen LogP contribution in [-0.2, 0) is 6.61 Å². The number of phenols is 1. The Bertz CT molecular complexity index is 1160. The third kappa shape index (κ3) is 4.30. The summed E-state index contributed by atoms with van der Waals surface area (Å²) in [4.78, 5) is 0. The third-order valence-electron chi connectivity index (χ3n) is 4.93. The number of ether oxygens (including phenoxy) is 2. The maximum Gasteiger partial charge on any atom is 0.173 e. The van der Waals surface area contributed by atoms with Crippen LogP contribution in [0.15, 0.2) is 66.9 Å². The molecule has 1 aromatic heterocycles. The van der Waals surface area contributed by atoms with E-state index >= 15 is 0 Å². The minimum atomic E-state index is 0.0893. The zero-order valence-electron chi connectivity index (χ0n) is 17.3. The highest BCUT2D eigenvalue weighted by atomic mass is 16.5. The molecule has 0 amide bonds. The highest BCUT2D eigenvalue weighted by molar-refractivity contribution is 5.73. The van der Waals surface area contributed by atoms with Gasteiger partial charge in [-0.05, 0) is 55.7 Å². The molecule has 4 aromatic rings. The quantitative estimate of drug-likeness (QED) is 0.412. The molecular weight excluding hydrogens is 376 g/mol. The van der Waals surface area contributed by atoms with Crippen LogP contribution < -0.4 is 9.47 Å². The van der Waals surface area contributed by atoms with Crippen molar-refractivity contribution >= 4 is 0 Å². The molecule has 0 fully saturated rings. The first kappa shape index (κ1) is 19.6. The Labute approximate surface area is 175 Å². The largest absolute Gasteiger partial charge is 0.507 e. The van der Waals surface area contributed by atoms with E-state index in [0.29, 0.717) is 29.4 Å². The summed E-state index contributed by atoms with van der Waals surface area (Å²) in [5.74, 6) is 1.99. The van der Waals surface area contributed by atoms with Gasteiger partial charge in [0.05, 0.1) is 6.20 Å². The van der Waals surface area contributed by atoms with Crippen molar-refractivity contribution in [2.45, 2.75) is 27.4 Å². The Kier molecular flexibility index (Phi) is 5.44. The molecular formula is C25H24N2O3. The fraction of sp³-hybridized carbons (Fsp3) is 0.160. The van der Waals surface area contributed by atoms with Crippen molar-refractivity contribution in [2.24, 2.45) is 0 Å². The minimum Gasteiger partial charge on any atom is -0.507 e. The van der Waals surface area contributed by atoms with E-state index in [1.54, 1.807) is 18.3 Å². The molecule has 152 valence electrons. The first-order valence-electron chi connectivity index (χ1n) is 9.80. The summed E-state index contributed by atoms with van der Waals surface area (Å²) >= 11 is 0. The Morgan fingerprint density at radius 1 is 0.867 bits per heavy atom. The number of aromatic amines is 1. The van der Waals surface area contributed by atoms with Crippen LogP contribution in [-0.4, -0.2) is 15.3 Å². The van der Waals surface area contributed by atoms with E-state index in [0.717, 1.165) is 22.4 Å². The maximum atomic E-state index is 10.6. The summed E-state index contributed by atoms with van der Waals surface area (Å²) in [6, 6.07) is 19.4. The summed E-state index contributed by atoms with van der Waals surface area (Å²) in [5.41, 5.74) is 5.62. The van der Waals surface area contributed by atoms with Gasteiger partial charge in [-0.25, -0.2) is 0 Å². The van der Waals surface area contributed by atoms with E-state index in [2.05, 4.69) is 29.3 Å². The van der Waals surface area contributed by atoms with Crippen molar-refractivity contribution in [3.8, 4) is 34.3 Å². The lowest BCUT2D eigenvalue weighted by Crippen LogP contribution is -1.95. The molecule has 1 heterocycles. The molecule has 3 aromatic carbocycles. The molecule has 0 aliphatic carbocycles. The van der Waals surface area contributed by atoms with Crippen LogP contribution in [0.25, 0.3) is 11.3 Å². The predicted octanol–water partition coefficient (Wildman–Crippen LogP) is 6.08. The molecule has 0 aliphatic heterocycles. The molecule has 0 bridgehead atoms. The summed E-state index contributed by atoms with van der Waals surface area (Å²) in [7, 11) is 0. The van der Waals surface area contributed by atoms with Crippen LogP contribution >= 0.6 is 0 Å². The second kappa shape index (κ2) is 8.33. The highest BCUT2D eigenvalue weighted by Crippen LogP contribution is 2.38. The molecule has 0 radical (unpaired) electrons. The van der Waals surface area contributed by atoms with Crippen LogP contribution in [0.4, 0.5) is 0 Å². The molecule has 5 nitrogen and oxygen atoms in total. The van der Waals surface area contributed by atoms with Gasteiger partial charge >= 0.3 is 0 Å². The van der Waals surface area contributed by atoms with Crippen LogP contribution in [0.2, 0.25) is 0 Å². The Hall–Kier alpha value is -3.73. The lowest BCUT2D eigenvalue weighted by atomic mass is 10.1. The average Bonchev–Trinajstić information content (AvgIpc) is 3.18. The zero-order valence-corrected chi connectivity index (χ0v) is 17.3. The van der Waals surface area contributed by atoms with Gasteiger partial charge in [-0.15, -0.1) is 0 Å². The van der Waals surface area contributed by atoms with Gasteiger partial charge in [-0.1, -0.05) is 42.0 Å². The first-order chi connectivity index (χ1) is 14.5. The van der Waals surface area contributed by atoms with E-state index in [1.165, 1.54) is 5.56 Å². The van der Waals surface area contributed by atoms with Crippen molar-refractivity contribution in [2.75, 3.05) is 0 Å². The van der Waals surface area contributed by atoms with Gasteiger partial charge in [0, 0.05) is 11.6 Å². The molecule has 0 unspecified atom stereocenters. The standard InChI is InChI=1S/C25H24N2O3/c1-16-5-8-19(9-6-16)15-29-20-10-11-21(22(28)13-20)25-24(14-26-27-25)30-23-12-17(2)4-7-18(23)3/h4-14,28H,15H2,1-3H3,(H,26,27). The Morgan fingerprint density at radius 2 is 1.63 bits per heavy atom. The van der Waals surface area contributed by atoms with Crippen molar-refractivity contribution in [3.05, 3.63) is 89.1 Å².